The van der Waals surface area contributed by atoms with Crippen molar-refractivity contribution < 1.29 is 14.3 Å². The number of benzene rings is 1. The highest BCUT2D eigenvalue weighted by Gasteiger charge is 2.20. The number of esters is 1. The quantitative estimate of drug-likeness (QED) is 0.862. The van der Waals surface area contributed by atoms with Gasteiger partial charge in [0.25, 0.3) is 0 Å². The fraction of sp³-hybridized carbons (Fsp3) is 0.143. The summed E-state index contributed by atoms with van der Waals surface area (Å²) in [5.41, 5.74) is 1.16. The number of fused-ring (bicyclic) bond motifs is 1. The predicted octanol–water partition coefficient (Wildman–Crippen LogP) is 2.76. The molecule has 0 unspecified atom stereocenters. The molecule has 0 saturated heterocycles. The highest BCUT2D eigenvalue weighted by molar-refractivity contribution is 6.30. The minimum absolute atomic E-state index is 0.295. The molecule has 0 fully saturated rings. The number of aromatic nitrogens is 1. The summed E-state index contributed by atoms with van der Waals surface area (Å²) in [7, 11) is 0. The van der Waals surface area contributed by atoms with E-state index in [2.05, 4.69) is 10.3 Å². The van der Waals surface area contributed by atoms with Gasteiger partial charge in [-0.25, -0.2) is 4.79 Å². The topological polar surface area (TPSA) is 60.5 Å². The normalized spacial score (nSPS) is 12.8. The number of nitrogens with one attached hydrogen (secondary N) is 1. The summed E-state index contributed by atoms with van der Waals surface area (Å²) in [5, 5.41) is 3.57. The lowest BCUT2D eigenvalue weighted by molar-refractivity contribution is 0.0729. The first-order chi connectivity index (χ1) is 9.74. The Bertz CT molecular complexity index is 661. The van der Waals surface area contributed by atoms with Crippen molar-refractivity contribution in [1.29, 1.82) is 0 Å². The third kappa shape index (κ3) is 2.53. The molecule has 0 atom stereocenters. The zero-order valence-corrected chi connectivity index (χ0v) is 11.2. The van der Waals surface area contributed by atoms with E-state index in [1.165, 1.54) is 18.5 Å². The second-order valence-electron chi connectivity index (χ2n) is 4.19. The van der Waals surface area contributed by atoms with Crippen molar-refractivity contribution in [3.05, 3.63) is 47.2 Å². The first-order valence-electron chi connectivity index (χ1n) is 6.06. The summed E-state index contributed by atoms with van der Waals surface area (Å²) in [4.78, 5) is 16.1. The first-order valence-corrected chi connectivity index (χ1v) is 6.44. The van der Waals surface area contributed by atoms with Crippen LogP contribution < -0.4 is 14.8 Å². The lowest BCUT2D eigenvalue weighted by Gasteiger charge is -2.20. The smallest absolute Gasteiger partial charge is 0.347 e. The van der Waals surface area contributed by atoms with Crippen LogP contribution in [0.3, 0.4) is 0 Å². The molecule has 1 aromatic carbocycles. The van der Waals surface area contributed by atoms with Crippen LogP contribution in [0.2, 0.25) is 5.02 Å². The van der Waals surface area contributed by atoms with E-state index in [0.29, 0.717) is 35.2 Å². The molecule has 0 aliphatic carbocycles. The van der Waals surface area contributed by atoms with Gasteiger partial charge >= 0.3 is 5.97 Å². The first kappa shape index (κ1) is 12.7. The van der Waals surface area contributed by atoms with E-state index in [1.54, 1.807) is 12.1 Å². The maximum absolute atomic E-state index is 12.2. The maximum Gasteiger partial charge on any atom is 0.347 e. The van der Waals surface area contributed by atoms with Crippen LogP contribution in [-0.4, -0.2) is 24.1 Å². The van der Waals surface area contributed by atoms with E-state index in [4.69, 9.17) is 21.1 Å². The summed E-state index contributed by atoms with van der Waals surface area (Å²) in [6.45, 7) is 1.22. The van der Waals surface area contributed by atoms with E-state index < -0.39 is 5.97 Å². The van der Waals surface area contributed by atoms with Gasteiger partial charge in [-0.05, 0) is 12.1 Å². The Morgan fingerprint density at radius 3 is 3.15 bits per heavy atom. The Balaban J connectivity index is 1.88. The van der Waals surface area contributed by atoms with Crippen molar-refractivity contribution in [3.8, 4) is 11.5 Å². The largest absolute Gasteiger partial charge is 0.489 e. The minimum Gasteiger partial charge on any atom is -0.489 e. The van der Waals surface area contributed by atoms with Gasteiger partial charge < -0.3 is 14.8 Å². The number of hydrogen-bond donors (Lipinski definition) is 1. The maximum atomic E-state index is 12.2. The highest BCUT2D eigenvalue weighted by atomic mass is 35.5. The standard InChI is InChI=1S/C14H11ClN2O3/c15-9-6-10(8-16-7-9)20-14(18)11-2-1-3-12-13(11)19-5-4-17-12/h1-3,6-8,17H,4-5H2. The fourth-order valence-corrected chi connectivity index (χ4v) is 2.11. The van der Waals surface area contributed by atoms with Crippen molar-refractivity contribution in [2.75, 3.05) is 18.5 Å². The lowest BCUT2D eigenvalue weighted by atomic mass is 10.1. The van der Waals surface area contributed by atoms with Crippen LogP contribution in [0.4, 0.5) is 5.69 Å². The van der Waals surface area contributed by atoms with E-state index in [9.17, 15) is 4.79 Å². The van der Waals surface area contributed by atoms with Gasteiger partial charge in [0.1, 0.15) is 12.2 Å². The number of carbonyl (C=O) groups excluding carboxylic acids is 1. The van der Waals surface area contributed by atoms with Gasteiger partial charge in [0.15, 0.2) is 11.5 Å². The number of anilines is 1. The average molecular weight is 291 g/mol. The Morgan fingerprint density at radius 2 is 2.30 bits per heavy atom. The van der Waals surface area contributed by atoms with E-state index >= 15 is 0 Å². The van der Waals surface area contributed by atoms with Gasteiger partial charge in [0.2, 0.25) is 0 Å². The number of ether oxygens (including phenoxy) is 2. The Kier molecular flexibility index (Phi) is 3.43. The number of rotatable bonds is 2. The van der Waals surface area contributed by atoms with Crippen molar-refractivity contribution in [3.63, 3.8) is 0 Å². The molecule has 1 aliphatic heterocycles. The van der Waals surface area contributed by atoms with Crippen LogP contribution in [0.15, 0.2) is 36.7 Å². The van der Waals surface area contributed by atoms with E-state index in [0.717, 1.165) is 5.69 Å². The molecule has 0 radical (unpaired) electrons. The molecule has 6 heteroatoms. The van der Waals surface area contributed by atoms with Crippen LogP contribution in [0.25, 0.3) is 0 Å². The fourth-order valence-electron chi connectivity index (χ4n) is 1.94. The molecule has 2 heterocycles. The zero-order chi connectivity index (χ0) is 13.9. The summed E-state index contributed by atoms with van der Waals surface area (Å²) in [6, 6.07) is 6.81. The van der Waals surface area contributed by atoms with Crippen LogP contribution in [0.1, 0.15) is 10.4 Å². The molecular weight excluding hydrogens is 280 g/mol. The third-order valence-corrected chi connectivity index (χ3v) is 3.00. The second-order valence-corrected chi connectivity index (χ2v) is 4.62. The molecule has 0 spiro atoms. The number of carbonyl (C=O) groups is 1. The van der Waals surface area contributed by atoms with Crippen molar-refractivity contribution in [2.45, 2.75) is 0 Å². The van der Waals surface area contributed by atoms with Gasteiger partial charge in [0, 0.05) is 18.8 Å². The number of pyridine rings is 1. The monoisotopic (exact) mass is 290 g/mol. The third-order valence-electron chi connectivity index (χ3n) is 2.79. The molecule has 1 aliphatic rings. The molecule has 102 valence electrons. The molecule has 5 nitrogen and oxygen atoms in total. The van der Waals surface area contributed by atoms with Crippen LogP contribution >= 0.6 is 11.6 Å². The minimum atomic E-state index is -0.505. The zero-order valence-electron chi connectivity index (χ0n) is 10.4. The number of halogens is 1. The molecule has 0 amide bonds. The van der Waals surface area contributed by atoms with E-state index in [1.807, 2.05) is 6.07 Å². The average Bonchev–Trinajstić information content (AvgIpc) is 2.46. The molecule has 20 heavy (non-hydrogen) atoms. The van der Waals surface area contributed by atoms with Crippen molar-refractivity contribution in [1.82, 2.24) is 4.98 Å². The summed E-state index contributed by atoms with van der Waals surface area (Å²) >= 11 is 5.80. The summed E-state index contributed by atoms with van der Waals surface area (Å²) in [6.07, 6.45) is 2.90. The number of hydrogen-bond acceptors (Lipinski definition) is 5. The van der Waals surface area contributed by atoms with Crippen LogP contribution in [0.5, 0.6) is 11.5 Å². The molecule has 1 N–H and O–H groups in total. The Hall–Kier alpha value is -2.27. The van der Waals surface area contributed by atoms with Gasteiger partial charge in [-0.3, -0.25) is 4.98 Å². The molecule has 0 bridgehead atoms. The molecular formula is C14H11ClN2O3. The summed E-state index contributed by atoms with van der Waals surface area (Å²) < 4.78 is 10.8. The molecule has 2 aromatic rings. The number of para-hydroxylation sites is 1. The lowest BCUT2D eigenvalue weighted by Crippen LogP contribution is -2.21. The predicted molar refractivity (Wildman–Crippen MR) is 74.6 cm³/mol. The van der Waals surface area contributed by atoms with Crippen molar-refractivity contribution >= 4 is 23.3 Å². The van der Waals surface area contributed by atoms with Gasteiger partial charge in [-0.2, -0.15) is 0 Å². The van der Waals surface area contributed by atoms with Gasteiger partial charge in [0.05, 0.1) is 16.9 Å². The Morgan fingerprint density at radius 1 is 1.40 bits per heavy atom. The number of nitrogens with zero attached hydrogens (tertiary/aromatic N) is 1. The summed E-state index contributed by atoms with van der Waals surface area (Å²) in [5.74, 6) is 0.303. The molecule has 3 rings (SSSR count). The molecule has 1 aromatic heterocycles. The molecule has 0 saturated carbocycles. The SMILES string of the molecule is O=C(Oc1cncc(Cl)c1)c1cccc2c1OCCN2. The van der Waals surface area contributed by atoms with Crippen LogP contribution in [-0.2, 0) is 0 Å². The highest BCUT2D eigenvalue weighted by Crippen LogP contribution is 2.32. The van der Waals surface area contributed by atoms with Gasteiger partial charge in [-0.15, -0.1) is 0 Å². The van der Waals surface area contributed by atoms with Crippen LogP contribution in [0, 0.1) is 0 Å². The van der Waals surface area contributed by atoms with Gasteiger partial charge in [-0.1, -0.05) is 17.7 Å². The van der Waals surface area contributed by atoms with Crippen molar-refractivity contribution in [2.24, 2.45) is 0 Å². The second kappa shape index (κ2) is 5.38. The Labute approximate surface area is 120 Å². The van der Waals surface area contributed by atoms with E-state index in [-0.39, 0.29) is 0 Å².